The van der Waals surface area contributed by atoms with Crippen LogP contribution in [0.15, 0.2) is 238 Å². The zero-order valence-corrected chi connectivity index (χ0v) is 90.8. The molecule has 784 valence electrons. The van der Waals surface area contributed by atoms with Gasteiger partial charge in [0.05, 0.1) is 66.9 Å². The lowest BCUT2D eigenvalue weighted by atomic mass is 9.85. The third kappa shape index (κ3) is 25.6. The molecule has 28 nitrogen and oxygen atoms in total. The van der Waals surface area contributed by atoms with Crippen LogP contribution in [0, 0.1) is 0 Å². The van der Waals surface area contributed by atoms with Crippen molar-refractivity contribution in [2.75, 3.05) is 75.4 Å². The summed E-state index contributed by atoms with van der Waals surface area (Å²) in [6, 6.07) is 69.3. The molecule has 8 fully saturated rings. The largest absolute Gasteiger partial charge is 0.341 e. The average Bonchev–Trinajstić information content (AvgIpc) is 1.60. The molecule has 148 heavy (non-hydrogen) atoms. The van der Waals surface area contributed by atoms with Gasteiger partial charge in [0.25, 0.3) is 0 Å². The molecule has 4 saturated carbocycles. The van der Waals surface area contributed by atoms with Crippen molar-refractivity contribution in [2.45, 2.75) is 301 Å². The first-order valence-corrected chi connectivity index (χ1v) is 60.1. The van der Waals surface area contributed by atoms with E-state index in [4.69, 9.17) is 35.5 Å². The Kier molecular flexibility index (Phi) is 33.8. The van der Waals surface area contributed by atoms with Crippen LogP contribution >= 0.6 is 0 Å². The zero-order valence-electron chi connectivity index (χ0n) is 87.5. The van der Waals surface area contributed by atoms with E-state index in [1.165, 1.54) is 46.5 Å². The van der Waals surface area contributed by atoms with Gasteiger partial charge in [-0.2, -0.15) is 30.3 Å². The third-order valence-electron chi connectivity index (χ3n) is 30.6. The Morgan fingerprint density at radius 2 is 0.689 bits per heavy atom. The first kappa shape index (κ1) is 107. The van der Waals surface area contributed by atoms with Crippen molar-refractivity contribution in [3.63, 3.8) is 0 Å². The van der Waals surface area contributed by atoms with E-state index in [-0.39, 0.29) is 123 Å². The summed E-state index contributed by atoms with van der Waals surface area (Å²) in [6.45, 7) is 28.9. The van der Waals surface area contributed by atoms with E-state index in [2.05, 4.69) is 178 Å². The number of amides is 4. The lowest BCUT2D eigenvalue weighted by molar-refractivity contribution is -0.131. The van der Waals surface area contributed by atoms with E-state index < -0.39 is 39.3 Å². The topological polar surface area (TPSA) is 341 Å². The highest BCUT2D eigenvalue weighted by Crippen LogP contribution is 2.51. The number of sulfone groups is 4. The van der Waals surface area contributed by atoms with Gasteiger partial charge >= 0.3 is 0 Å². The second kappa shape index (κ2) is 46.6. The number of carbonyl (C=O) groups excluding carboxylic acids is 4. The molecule has 9 heterocycles. The molecule has 0 N–H and O–H groups in total. The van der Waals surface area contributed by atoms with Gasteiger partial charge < -0.3 is 19.6 Å². The molecule has 5 aromatic heterocycles. The van der Waals surface area contributed by atoms with E-state index in [0.29, 0.717) is 142 Å². The number of hydrogen-bond donors (Lipinski definition) is 0. The lowest BCUT2D eigenvalue weighted by Crippen LogP contribution is -2.29. The summed E-state index contributed by atoms with van der Waals surface area (Å²) in [4.78, 5) is 78.5. The van der Waals surface area contributed by atoms with E-state index in [1.54, 1.807) is 82.4 Å². The van der Waals surface area contributed by atoms with Gasteiger partial charge in [0, 0.05) is 173 Å². The van der Waals surface area contributed by atoms with Crippen molar-refractivity contribution < 1.29 is 52.8 Å². The maximum Gasteiger partial charge on any atom is 0.222 e. The van der Waals surface area contributed by atoms with Gasteiger partial charge in [-0.3, -0.25) is 23.9 Å². The number of likely N-dealkylation sites (tertiary alicyclic amines) is 4. The fourth-order valence-electron chi connectivity index (χ4n) is 21.0. The quantitative estimate of drug-likeness (QED) is 0.0352. The SMILES string of the molecule is CCS(=O)(=O)c1ccc(CCC(=O)N2CC(c3ccccc3)C(c3cc(C4CC4)nn3C(C)C)C2)cn1.CCS(=O)(=O)c1ccc(CCC(=O)N2CC(c3ccccc3)C(c3nc(C(C)C)nn3C3CC3)C2)cc1.CCS(=O)(=O)c1ccc(CCC(=O)N2CC(c3ccccc3)C(c3nc(C4CC4)nn3C(C)C)C2)cc1.CCS(=O)(=O)c1ccc(CCC(=O)N2CC(c3ccccc3)C(c3nn(C(C)C)nc3C3CC3)C2)cc1. The van der Waals surface area contributed by atoms with Crippen LogP contribution in [0.5, 0.6) is 0 Å². The summed E-state index contributed by atoms with van der Waals surface area (Å²) < 4.78 is 103. The van der Waals surface area contributed by atoms with E-state index >= 15 is 0 Å². The number of rotatable bonds is 36. The maximum atomic E-state index is 13.4. The van der Waals surface area contributed by atoms with Crippen molar-refractivity contribution >= 4 is 63.0 Å². The number of hydrogen-bond acceptors (Lipinski definition) is 20. The summed E-state index contributed by atoms with van der Waals surface area (Å²) >= 11 is 0. The van der Waals surface area contributed by atoms with Crippen molar-refractivity contribution in [2.24, 2.45) is 0 Å². The number of carbonyl (C=O) groups is 4. The van der Waals surface area contributed by atoms with Crippen LogP contribution in [0.3, 0.4) is 0 Å². The fourth-order valence-corrected chi connectivity index (χ4v) is 24.5. The second-order valence-corrected chi connectivity index (χ2v) is 51.6. The van der Waals surface area contributed by atoms with Gasteiger partial charge in [0.1, 0.15) is 11.6 Å². The Hall–Kier alpha value is -12.0. The summed E-state index contributed by atoms with van der Waals surface area (Å²) in [5.41, 5.74) is 13.3. The molecule has 12 aromatic rings. The van der Waals surface area contributed by atoms with Gasteiger partial charge in [0.15, 0.2) is 56.0 Å². The van der Waals surface area contributed by atoms with Crippen LogP contribution in [0.2, 0.25) is 0 Å². The average molecular weight is 2080 g/mol. The number of aryl methyl sites for hydroxylation is 4. The molecule has 8 unspecified atom stereocenters. The van der Waals surface area contributed by atoms with E-state index in [9.17, 15) is 52.8 Å². The van der Waals surface area contributed by atoms with Crippen LogP contribution in [-0.2, 0) is 84.2 Å². The second-order valence-electron chi connectivity index (χ2n) is 42.5. The highest BCUT2D eigenvalue weighted by atomic mass is 32.2. The summed E-state index contributed by atoms with van der Waals surface area (Å²) in [5, 5.41) is 24.7. The van der Waals surface area contributed by atoms with Gasteiger partial charge in [-0.1, -0.05) is 205 Å². The Labute approximate surface area is 873 Å². The number of benzene rings is 7. The molecule has 8 atom stereocenters. The molecule has 0 bridgehead atoms. The highest BCUT2D eigenvalue weighted by Gasteiger charge is 2.48. The molecule has 4 saturated heterocycles. The van der Waals surface area contributed by atoms with Crippen LogP contribution in [-0.4, -0.2) is 212 Å². The molecule has 0 radical (unpaired) electrons. The number of nitrogens with zero attached hydrogens (tertiary/aromatic N) is 16. The monoisotopic (exact) mass is 2080 g/mol. The smallest absolute Gasteiger partial charge is 0.222 e. The van der Waals surface area contributed by atoms with Gasteiger partial charge in [-0.05, 0) is 212 Å². The van der Waals surface area contributed by atoms with Gasteiger partial charge in [-0.15, -0.1) is 0 Å². The van der Waals surface area contributed by atoms with Crippen LogP contribution in [0.4, 0.5) is 0 Å². The Morgan fingerprint density at radius 1 is 0.331 bits per heavy atom. The minimum Gasteiger partial charge on any atom is -0.341 e. The Morgan fingerprint density at radius 3 is 1.05 bits per heavy atom. The Balaban J connectivity index is 0.000000135. The molecule has 4 aliphatic carbocycles. The molecule has 0 spiro atoms. The van der Waals surface area contributed by atoms with Crippen molar-refractivity contribution in [1.82, 2.24) is 78.9 Å². The van der Waals surface area contributed by atoms with Crippen molar-refractivity contribution in [3.8, 4) is 0 Å². The first-order chi connectivity index (χ1) is 71.1. The molecule has 4 amide bonds. The van der Waals surface area contributed by atoms with Gasteiger partial charge in [-0.25, -0.2) is 58.0 Å². The van der Waals surface area contributed by atoms with E-state index in [1.807, 2.05) is 85.1 Å². The predicted octanol–water partition coefficient (Wildman–Crippen LogP) is 19.5. The van der Waals surface area contributed by atoms with E-state index in [0.717, 1.165) is 95.5 Å². The maximum absolute atomic E-state index is 13.4. The van der Waals surface area contributed by atoms with Crippen molar-refractivity contribution in [3.05, 3.63) is 309 Å². The summed E-state index contributed by atoms with van der Waals surface area (Å²) in [6.07, 6.45) is 14.7. The zero-order chi connectivity index (χ0) is 105. The minimum absolute atomic E-state index is 0.0222. The summed E-state index contributed by atoms with van der Waals surface area (Å²) in [5.74, 6) is 7.62. The molecular weight excluding hydrogens is 1940 g/mol. The number of pyridine rings is 1. The molecule has 7 aromatic carbocycles. The minimum atomic E-state index is -3.33. The van der Waals surface area contributed by atoms with Crippen LogP contribution < -0.4 is 0 Å². The highest BCUT2D eigenvalue weighted by molar-refractivity contribution is 7.92. The molecule has 8 aliphatic rings. The van der Waals surface area contributed by atoms with Crippen LogP contribution in [0.25, 0.3) is 0 Å². The molecule has 4 aliphatic heterocycles. The first-order valence-electron chi connectivity index (χ1n) is 53.5. The molecule has 20 rings (SSSR count). The van der Waals surface area contributed by atoms with Gasteiger partial charge in [0.2, 0.25) is 23.6 Å². The molecule has 32 heteroatoms. The third-order valence-corrected chi connectivity index (χ3v) is 37.4. The van der Waals surface area contributed by atoms with Crippen molar-refractivity contribution in [1.29, 1.82) is 0 Å². The van der Waals surface area contributed by atoms with Crippen LogP contribution in [0.1, 0.15) is 346 Å². The lowest BCUT2D eigenvalue weighted by Gasteiger charge is -2.21. The normalized spacial score (nSPS) is 20.1. The molecular formula is C116H144N16O12S4. The fraction of sp³-hybridized carbons (Fsp3) is 0.483. The standard InChI is InChI=1S/4C29H36N4O3S/c1-4-37(35,36)24-15-10-21(11-16-24)12-17-27(34)32-18-25(22-8-6-5-7-9-22)26(19-32)29-30-28(23-13-14-23)31-33(29)20(2)3;1-4-37(35,36)24-15-10-21(11-16-24)12-17-27(34)32-18-25(22-8-6-5-7-9-22)26(19-32)29-28(23-13-14-23)30-33(31-29)20(2)3;1-4-37(35,36)24-15-10-21(11-16-24)12-17-27(34)32-18-25(22-8-6-5-7-9-22)26(19-32)29-30-28(20(2)3)31-33(29)23-13-14-23;1-4-37(35,36)28-14-10-21(17-30-28)11-15-29(34)32-18-24(22-8-6-5-7-9-22)25(19-32)27-16-26(23-12-13-23)31-33(27)20(2)3/h3*5-11,15-16,20,23,25-26H,4,12-14,17-19H2,1-3H3;5-10,14,16-17,20,23-25H,4,11-13,15,18-19H2,1-3H3. The number of aromatic nitrogens is 12. The summed E-state index contributed by atoms with van der Waals surface area (Å²) in [7, 11) is -13.0. The predicted molar refractivity (Wildman–Crippen MR) is 574 cm³/mol. The Bertz CT molecular complexity index is 6260.